The molecule has 2 fully saturated rings. The summed E-state index contributed by atoms with van der Waals surface area (Å²) in [5.41, 5.74) is -1.01. The summed E-state index contributed by atoms with van der Waals surface area (Å²) in [6.07, 6.45) is 2.27. The fraction of sp³-hybridized carbons (Fsp3) is 0.700. The van der Waals surface area contributed by atoms with Gasteiger partial charge in [0.25, 0.3) is 5.56 Å². The van der Waals surface area contributed by atoms with Crippen LogP contribution in [-0.4, -0.2) is 47.5 Å². The Balaban J connectivity index is 1.81. The quantitative estimate of drug-likeness (QED) is 0.178. The molecule has 0 spiro atoms. The third-order valence-electron chi connectivity index (χ3n) is 6.20. The van der Waals surface area contributed by atoms with Crippen molar-refractivity contribution in [3.05, 3.63) is 44.2 Å². The Kier molecular flexibility index (Phi) is 6.45. The number of rotatable bonds is 8. The molecule has 2 unspecified atom stereocenters. The van der Waals surface area contributed by atoms with Gasteiger partial charge in [-0.25, -0.2) is 4.79 Å². The second-order valence-corrected chi connectivity index (χ2v) is 10.4. The molecule has 1 saturated heterocycles. The highest BCUT2D eigenvalue weighted by atomic mass is 127. The van der Waals surface area contributed by atoms with Crippen molar-refractivity contribution >= 4 is 22.6 Å². The lowest BCUT2D eigenvalue weighted by Crippen LogP contribution is -2.44. The van der Waals surface area contributed by atoms with E-state index < -0.39 is 35.3 Å². The molecule has 0 aromatic carbocycles. The Morgan fingerprint density at radius 3 is 2.59 bits per heavy atom. The van der Waals surface area contributed by atoms with Crippen molar-refractivity contribution in [2.24, 2.45) is 5.92 Å². The lowest BCUT2D eigenvalue weighted by molar-refractivity contribution is -0.0850. The predicted molar refractivity (Wildman–Crippen MR) is 118 cm³/mol. The maximum Gasteiger partial charge on any atom is 0.330 e. The van der Waals surface area contributed by atoms with E-state index >= 15 is 0 Å². The molecule has 2 aliphatic rings. The number of fused-ring (bicyclic) bond motifs is 1. The topological polar surface area (TPSA) is 117 Å². The van der Waals surface area contributed by atoms with Crippen LogP contribution >= 0.6 is 22.6 Å². The molecular weight excluding hydrogens is 489 g/mol. The summed E-state index contributed by atoms with van der Waals surface area (Å²) in [6.45, 7) is 8.94. The summed E-state index contributed by atoms with van der Waals surface area (Å²) < 4.78 is 6.94. The minimum Gasteiger partial charge on any atom is -0.385 e. The molecule has 1 aliphatic heterocycles. The van der Waals surface area contributed by atoms with Crippen LogP contribution in [0.1, 0.15) is 52.3 Å². The first-order chi connectivity index (χ1) is 13.6. The third-order valence-corrected chi connectivity index (χ3v) is 8.39. The Bertz CT molecular complexity index is 902. The fourth-order valence-electron chi connectivity index (χ4n) is 4.27. The van der Waals surface area contributed by atoms with Gasteiger partial charge in [0.15, 0.2) is 6.23 Å². The van der Waals surface area contributed by atoms with Crippen LogP contribution in [0.25, 0.3) is 0 Å². The number of aliphatic hydroxyl groups excluding tert-OH is 1. The summed E-state index contributed by atoms with van der Waals surface area (Å²) in [5.74, 6) is -0.194. The first-order valence-electron chi connectivity index (χ1n) is 10.0. The van der Waals surface area contributed by atoms with Gasteiger partial charge in [-0.2, -0.15) is 0 Å². The summed E-state index contributed by atoms with van der Waals surface area (Å²) in [5, 5.41) is 25.0. The zero-order chi connectivity index (χ0) is 21.6. The number of hydrogen-bond donors (Lipinski definition) is 4. The largest absolute Gasteiger partial charge is 0.385 e. The maximum absolute atomic E-state index is 12.4. The second-order valence-electron chi connectivity index (χ2n) is 8.23. The smallest absolute Gasteiger partial charge is 0.330 e. The van der Waals surface area contributed by atoms with Crippen molar-refractivity contribution in [1.29, 1.82) is 0 Å². The van der Waals surface area contributed by atoms with Gasteiger partial charge < -0.3 is 20.3 Å². The van der Waals surface area contributed by atoms with E-state index in [1.165, 1.54) is 10.8 Å². The Hall–Kier alpha value is -1.01. The van der Waals surface area contributed by atoms with E-state index in [-0.39, 0.29) is 15.9 Å². The molecule has 2 heterocycles. The molecule has 162 valence electrons. The number of allylic oxidation sites excluding steroid dienone is 1. The zero-order valence-corrected chi connectivity index (χ0v) is 19.4. The van der Waals surface area contributed by atoms with Crippen LogP contribution in [0.15, 0.2) is 27.4 Å². The van der Waals surface area contributed by atoms with Gasteiger partial charge in [0.2, 0.25) is 0 Å². The Labute approximate surface area is 183 Å². The number of alkyl halides is 1. The standard InChI is InChI=1S/C20H30IN3O5/c1-5-19(21,6-2)13-15-20(13,28)14(25)17(29-15)24-10-12(16(26)23-18(24)27)9-22-8-7-11(3)4/h7,10,13-15,17,22,25,28H,5-6,8-9H2,1-4H3,(H,23,26,27)/t13?,14-,15+,17?,20-/m0/s1. The number of H-pyrrole nitrogens is 1. The van der Waals surface area contributed by atoms with E-state index in [1.54, 1.807) is 0 Å². The molecule has 9 heteroatoms. The number of aliphatic hydroxyl groups is 2. The highest BCUT2D eigenvalue weighted by Gasteiger charge is 2.80. The van der Waals surface area contributed by atoms with Crippen molar-refractivity contribution in [3.8, 4) is 0 Å². The fourth-order valence-corrected chi connectivity index (χ4v) is 5.10. The van der Waals surface area contributed by atoms with Crippen LogP contribution < -0.4 is 16.6 Å². The van der Waals surface area contributed by atoms with Crippen LogP contribution in [0.3, 0.4) is 0 Å². The summed E-state index contributed by atoms with van der Waals surface area (Å²) in [7, 11) is 0. The van der Waals surface area contributed by atoms with E-state index in [2.05, 4.69) is 46.7 Å². The lowest BCUT2D eigenvalue weighted by atomic mass is 9.92. The molecule has 1 saturated carbocycles. The molecule has 5 atom stereocenters. The predicted octanol–water partition coefficient (Wildman–Crippen LogP) is 1.21. The molecule has 3 rings (SSSR count). The second kappa shape index (κ2) is 8.26. The van der Waals surface area contributed by atoms with Gasteiger partial charge in [0, 0.05) is 34.2 Å². The average Bonchev–Trinajstić information content (AvgIpc) is 3.20. The SMILES string of the molecule is CCC(I)(CC)C1[C@H]2OC(n3cc(CNCC=C(C)C)c(=O)[nH]c3=O)[C@H](O)[C@@]12O. The monoisotopic (exact) mass is 519 g/mol. The van der Waals surface area contributed by atoms with Crippen molar-refractivity contribution in [1.82, 2.24) is 14.9 Å². The average molecular weight is 519 g/mol. The third kappa shape index (κ3) is 3.87. The minimum absolute atomic E-state index is 0.181. The first-order valence-corrected chi connectivity index (χ1v) is 11.1. The number of nitrogens with one attached hydrogen (secondary N) is 2. The highest BCUT2D eigenvalue weighted by Crippen LogP contribution is 2.65. The Morgan fingerprint density at radius 1 is 1.41 bits per heavy atom. The van der Waals surface area contributed by atoms with Gasteiger partial charge in [0.1, 0.15) is 11.7 Å². The molecular formula is C20H30IN3O5. The first kappa shape index (κ1) is 22.7. The van der Waals surface area contributed by atoms with E-state index in [1.807, 2.05) is 19.9 Å². The number of hydrogen-bond acceptors (Lipinski definition) is 6. The summed E-state index contributed by atoms with van der Waals surface area (Å²) in [6, 6.07) is 0. The van der Waals surface area contributed by atoms with E-state index in [4.69, 9.17) is 4.74 Å². The molecule has 0 amide bonds. The van der Waals surface area contributed by atoms with Crippen LogP contribution in [-0.2, 0) is 11.3 Å². The number of aromatic amines is 1. The highest BCUT2D eigenvalue weighted by molar-refractivity contribution is 14.1. The van der Waals surface area contributed by atoms with Crippen molar-refractivity contribution in [2.45, 2.75) is 74.5 Å². The van der Waals surface area contributed by atoms with Gasteiger partial charge in [-0.05, 0) is 26.7 Å². The van der Waals surface area contributed by atoms with Crippen molar-refractivity contribution in [3.63, 3.8) is 0 Å². The van der Waals surface area contributed by atoms with Gasteiger partial charge in [-0.1, -0.05) is 48.1 Å². The lowest BCUT2D eigenvalue weighted by Gasteiger charge is -2.31. The molecule has 4 N–H and O–H groups in total. The molecule has 29 heavy (non-hydrogen) atoms. The van der Waals surface area contributed by atoms with Gasteiger partial charge >= 0.3 is 5.69 Å². The Morgan fingerprint density at radius 2 is 2.07 bits per heavy atom. The van der Waals surface area contributed by atoms with Crippen molar-refractivity contribution < 1.29 is 14.9 Å². The van der Waals surface area contributed by atoms with Crippen LogP contribution in [0.2, 0.25) is 0 Å². The van der Waals surface area contributed by atoms with E-state index in [0.29, 0.717) is 12.1 Å². The van der Waals surface area contributed by atoms with E-state index in [0.717, 1.165) is 18.4 Å². The van der Waals surface area contributed by atoms with Crippen LogP contribution in [0, 0.1) is 5.92 Å². The van der Waals surface area contributed by atoms with Crippen LogP contribution in [0.5, 0.6) is 0 Å². The number of aromatic nitrogens is 2. The van der Waals surface area contributed by atoms with Crippen molar-refractivity contribution in [2.75, 3.05) is 6.54 Å². The van der Waals surface area contributed by atoms with Crippen LogP contribution in [0.4, 0.5) is 0 Å². The molecule has 0 bridgehead atoms. The molecule has 1 aromatic rings. The number of halogens is 1. The van der Waals surface area contributed by atoms with Gasteiger partial charge in [0.05, 0.1) is 6.10 Å². The number of nitrogens with zero attached hydrogens (tertiary/aromatic N) is 1. The maximum atomic E-state index is 12.4. The van der Waals surface area contributed by atoms with Gasteiger partial charge in [-0.3, -0.25) is 14.3 Å². The molecule has 8 nitrogen and oxygen atoms in total. The summed E-state index contributed by atoms with van der Waals surface area (Å²) in [4.78, 5) is 26.8. The number of ether oxygens (including phenoxy) is 1. The summed E-state index contributed by atoms with van der Waals surface area (Å²) >= 11 is 2.34. The molecule has 1 aromatic heterocycles. The van der Waals surface area contributed by atoms with Gasteiger partial charge in [-0.15, -0.1) is 0 Å². The zero-order valence-electron chi connectivity index (χ0n) is 17.2. The minimum atomic E-state index is -1.38. The normalized spacial score (nSPS) is 30.9. The molecule has 0 radical (unpaired) electrons. The molecule has 1 aliphatic carbocycles. The van der Waals surface area contributed by atoms with E-state index in [9.17, 15) is 19.8 Å².